The predicted molar refractivity (Wildman–Crippen MR) is 82.8 cm³/mol. The van der Waals surface area contributed by atoms with Crippen molar-refractivity contribution in [2.24, 2.45) is 11.3 Å². The minimum Gasteiger partial charge on any atom is -0.385 e. The number of nitrogens with one attached hydrogen (secondary N) is 1. The van der Waals surface area contributed by atoms with Crippen LogP contribution >= 0.6 is 0 Å². The predicted octanol–water partition coefficient (Wildman–Crippen LogP) is 1.81. The smallest absolute Gasteiger partial charge is 0.245 e. The monoisotopic (exact) mass is 298 g/mol. The molecule has 0 aliphatic carbocycles. The molecule has 0 aromatic heterocycles. The molecule has 1 rings (SSSR count). The largest absolute Gasteiger partial charge is 0.385 e. The first-order chi connectivity index (χ1) is 9.68. The molecule has 1 aliphatic heterocycles. The van der Waals surface area contributed by atoms with E-state index in [0.717, 1.165) is 6.42 Å². The number of nitrogens with zero attached hydrogens (tertiary/aromatic N) is 1. The van der Waals surface area contributed by atoms with Crippen LogP contribution in [0.1, 0.15) is 47.5 Å². The van der Waals surface area contributed by atoms with Gasteiger partial charge in [-0.15, -0.1) is 0 Å². The van der Waals surface area contributed by atoms with Crippen LogP contribution in [0.25, 0.3) is 0 Å². The number of carbonyl (C=O) groups excluding carboxylic acids is 2. The zero-order chi connectivity index (χ0) is 16.2. The fraction of sp³-hybridized carbons (Fsp3) is 0.875. The van der Waals surface area contributed by atoms with Crippen molar-refractivity contribution >= 4 is 11.8 Å². The molecule has 5 heteroatoms. The van der Waals surface area contributed by atoms with Crippen LogP contribution in [0, 0.1) is 11.3 Å². The maximum atomic E-state index is 12.6. The number of piperazine rings is 1. The number of methoxy groups -OCH3 is 1. The molecule has 5 nitrogen and oxygen atoms in total. The molecule has 0 aromatic rings. The van der Waals surface area contributed by atoms with Gasteiger partial charge in [0.1, 0.15) is 12.1 Å². The van der Waals surface area contributed by atoms with E-state index >= 15 is 0 Å². The molecule has 1 aliphatic rings. The van der Waals surface area contributed by atoms with E-state index in [2.05, 4.69) is 33.0 Å². The first kappa shape index (κ1) is 18.0. The van der Waals surface area contributed by atoms with E-state index in [0.29, 0.717) is 25.5 Å². The fourth-order valence-electron chi connectivity index (χ4n) is 2.65. The number of hydrogen-bond acceptors (Lipinski definition) is 3. The maximum absolute atomic E-state index is 12.6. The highest BCUT2D eigenvalue weighted by Gasteiger charge is 2.40. The molecule has 0 radical (unpaired) electrons. The van der Waals surface area contributed by atoms with Gasteiger partial charge in [0, 0.05) is 20.3 Å². The van der Waals surface area contributed by atoms with Crippen molar-refractivity contribution in [3.63, 3.8) is 0 Å². The van der Waals surface area contributed by atoms with Gasteiger partial charge in [0.05, 0.1) is 0 Å². The molecule has 122 valence electrons. The third-order valence-electron chi connectivity index (χ3n) is 4.03. The highest BCUT2D eigenvalue weighted by atomic mass is 16.5. The lowest BCUT2D eigenvalue weighted by atomic mass is 9.87. The minimum atomic E-state index is -0.400. The van der Waals surface area contributed by atoms with Crippen molar-refractivity contribution in [2.45, 2.75) is 59.5 Å². The van der Waals surface area contributed by atoms with Gasteiger partial charge in [0.25, 0.3) is 0 Å². The summed E-state index contributed by atoms with van der Waals surface area (Å²) in [6.07, 6.45) is 1.54. The lowest BCUT2D eigenvalue weighted by molar-refractivity contribution is -0.150. The van der Waals surface area contributed by atoms with Crippen LogP contribution < -0.4 is 5.32 Å². The van der Waals surface area contributed by atoms with E-state index in [9.17, 15) is 9.59 Å². The molecule has 2 atom stereocenters. The zero-order valence-electron chi connectivity index (χ0n) is 14.2. The van der Waals surface area contributed by atoms with E-state index in [1.807, 2.05) is 0 Å². The van der Waals surface area contributed by atoms with E-state index in [4.69, 9.17) is 4.74 Å². The molecule has 0 bridgehead atoms. The minimum absolute atomic E-state index is 0.0429. The van der Waals surface area contributed by atoms with Crippen LogP contribution in [-0.2, 0) is 14.3 Å². The number of ether oxygens (including phenoxy) is 1. The molecule has 1 N–H and O–H groups in total. The van der Waals surface area contributed by atoms with Gasteiger partial charge in [0.2, 0.25) is 11.8 Å². The summed E-state index contributed by atoms with van der Waals surface area (Å²) < 4.78 is 5.13. The standard InChI is InChI=1S/C16H30N2O3/c1-11(2)9-13-15(20)18(12(3)14(19)17-13)10-16(4,5)7-8-21-6/h11-13H,7-10H2,1-6H3,(H,17,19). The molecule has 1 saturated heterocycles. The van der Waals surface area contributed by atoms with E-state index < -0.39 is 6.04 Å². The average Bonchev–Trinajstić information content (AvgIpc) is 2.38. The summed E-state index contributed by atoms with van der Waals surface area (Å²) in [4.78, 5) is 26.5. The van der Waals surface area contributed by atoms with E-state index in [-0.39, 0.29) is 23.3 Å². The van der Waals surface area contributed by atoms with E-state index in [1.54, 1.807) is 18.9 Å². The quantitative estimate of drug-likeness (QED) is 0.780. The summed E-state index contributed by atoms with van der Waals surface area (Å²) in [6, 6.07) is -0.783. The molecular formula is C16H30N2O3. The number of rotatable bonds is 7. The molecule has 0 saturated carbocycles. The summed E-state index contributed by atoms with van der Waals surface area (Å²) in [6.45, 7) is 11.4. The fourth-order valence-corrected chi connectivity index (χ4v) is 2.65. The second-order valence-corrected chi connectivity index (χ2v) is 7.24. The Labute approximate surface area is 128 Å². The summed E-state index contributed by atoms with van der Waals surface area (Å²) in [7, 11) is 1.68. The van der Waals surface area contributed by atoms with Crippen LogP contribution in [0.15, 0.2) is 0 Å². The molecule has 1 fully saturated rings. The Hall–Kier alpha value is -1.10. The number of amides is 2. The van der Waals surface area contributed by atoms with Gasteiger partial charge in [-0.2, -0.15) is 0 Å². The summed E-state index contributed by atoms with van der Waals surface area (Å²) in [5, 5.41) is 2.85. The molecule has 1 heterocycles. The Bertz CT molecular complexity index is 380. The molecule has 2 amide bonds. The second-order valence-electron chi connectivity index (χ2n) is 7.24. The van der Waals surface area contributed by atoms with Gasteiger partial charge in [-0.25, -0.2) is 0 Å². The Morgan fingerprint density at radius 2 is 1.95 bits per heavy atom. The van der Waals surface area contributed by atoms with Crippen molar-refractivity contribution in [1.82, 2.24) is 10.2 Å². The SMILES string of the molecule is COCCC(C)(C)CN1C(=O)C(CC(C)C)NC(=O)C1C. The third-order valence-corrected chi connectivity index (χ3v) is 4.03. The van der Waals surface area contributed by atoms with Gasteiger partial charge >= 0.3 is 0 Å². The average molecular weight is 298 g/mol. The molecule has 0 aromatic carbocycles. The molecule has 0 spiro atoms. The Balaban J connectivity index is 2.81. The van der Waals surface area contributed by atoms with Crippen LogP contribution in [0.5, 0.6) is 0 Å². The van der Waals surface area contributed by atoms with Gasteiger partial charge in [0.15, 0.2) is 0 Å². The zero-order valence-corrected chi connectivity index (χ0v) is 14.2. The first-order valence-corrected chi connectivity index (χ1v) is 7.77. The highest BCUT2D eigenvalue weighted by Crippen LogP contribution is 2.25. The summed E-state index contributed by atoms with van der Waals surface area (Å²) in [5.41, 5.74) is -0.0695. The highest BCUT2D eigenvalue weighted by molar-refractivity contribution is 5.96. The van der Waals surface area contributed by atoms with Crippen molar-refractivity contribution in [3.05, 3.63) is 0 Å². The van der Waals surface area contributed by atoms with Gasteiger partial charge < -0.3 is 15.0 Å². The molecular weight excluding hydrogens is 268 g/mol. The third kappa shape index (κ3) is 4.99. The first-order valence-electron chi connectivity index (χ1n) is 7.77. The van der Waals surface area contributed by atoms with Crippen molar-refractivity contribution < 1.29 is 14.3 Å². The summed E-state index contributed by atoms with van der Waals surface area (Å²) in [5.74, 6) is 0.361. The molecule has 2 unspecified atom stereocenters. The van der Waals surface area contributed by atoms with E-state index in [1.165, 1.54) is 0 Å². The van der Waals surface area contributed by atoms with Gasteiger partial charge in [-0.1, -0.05) is 27.7 Å². The van der Waals surface area contributed by atoms with Crippen LogP contribution in [0.3, 0.4) is 0 Å². The van der Waals surface area contributed by atoms with Crippen molar-refractivity contribution in [2.75, 3.05) is 20.3 Å². The Kier molecular flexibility index (Phi) is 6.20. The number of hydrogen-bond donors (Lipinski definition) is 1. The topological polar surface area (TPSA) is 58.6 Å². The Morgan fingerprint density at radius 3 is 2.48 bits per heavy atom. The van der Waals surface area contributed by atoms with Crippen LogP contribution in [0.4, 0.5) is 0 Å². The molecule has 21 heavy (non-hydrogen) atoms. The van der Waals surface area contributed by atoms with Crippen molar-refractivity contribution in [3.8, 4) is 0 Å². The maximum Gasteiger partial charge on any atom is 0.245 e. The normalized spacial score (nSPS) is 23.7. The van der Waals surface area contributed by atoms with Gasteiger partial charge in [-0.05, 0) is 31.1 Å². The Morgan fingerprint density at radius 1 is 1.33 bits per heavy atom. The van der Waals surface area contributed by atoms with Gasteiger partial charge in [-0.3, -0.25) is 9.59 Å². The lowest BCUT2D eigenvalue weighted by Crippen LogP contribution is -2.63. The number of carbonyl (C=O) groups is 2. The van der Waals surface area contributed by atoms with Crippen LogP contribution in [0.2, 0.25) is 0 Å². The van der Waals surface area contributed by atoms with Crippen molar-refractivity contribution in [1.29, 1.82) is 0 Å². The second kappa shape index (κ2) is 7.25. The lowest BCUT2D eigenvalue weighted by Gasteiger charge is -2.41. The van der Waals surface area contributed by atoms with Crippen LogP contribution in [-0.4, -0.2) is 49.1 Å². The summed E-state index contributed by atoms with van der Waals surface area (Å²) >= 11 is 0.